The highest BCUT2D eigenvalue weighted by atomic mass is 16.7. The largest absolute Gasteiger partial charge is 0.394 e. The van der Waals surface area contributed by atoms with E-state index in [2.05, 4.69) is 31.3 Å². The molecule has 0 aromatic rings. The van der Waals surface area contributed by atoms with Crippen molar-refractivity contribution in [3.05, 3.63) is 24.3 Å². The zero-order valence-electron chi connectivity index (χ0n) is 42.6. The van der Waals surface area contributed by atoms with E-state index in [9.17, 15) is 45.6 Å². The number of hydrogen-bond donors (Lipinski definition) is 9. The van der Waals surface area contributed by atoms with Gasteiger partial charge in [-0.05, 0) is 32.1 Å². The first-order valence-corrected chi connectivity index (χ1v) is 27.6. The van der Waals surface area contributed by atoms with Crippen molar-refractivity contribution in [2.45, 2.75) is 293 Å². The normalized spacial score (nSPS) is 26.5. The van der Waals surface area contributed by atoms with Gasteiger partial charge in [0, 0.05) is 6.42 Å². The van der Waals surface area contributed by atoms with Gasteiger partial charge >= 0.3 is 0 Å². The molecule has 14 nitrogen and oxygen atoms in total. The molecule has 0 aromatic carbocycles. The Labute approximate surface area is 411 Å². The molecule has 2 aliphatic heterocycles. The van der Waals surface area contributed by atoms with Crippen molar-refractivity contribution in [2.75, 3.05) is 19.8 Å². The van der Waals surface area contributed by atoms with Crippen LogP contribution in [-0.4, -0.2) is 140 Å². The first-order valence-electron chi connectivity index (χ1n) is 27.6. The molecule has 0 aliphatic carbocycles. The molecule has 1 amide bonds. The number of unbranched alkanes of at least 4 members (excludes halogenated alkanes) is 28. The Balaban J connectivity index is 1.82. The van der Waals surface area contributed by atoms with Gasteiger partial charge in [0.05, 0.1) is 32.0 Å². The number of ether oxygens (including phenoxy) is 4. The molecule has 9 N–H and O–H groups in total. The van der Waals surface area contributed by atoms with Crippen molar-refractivity contribution in [1.82, 2.24) is 5.32 Å². The molecule has 2 saturated heterocycles. The summed E-state index contributed by atoms with van der Waals surface area (Å²) >= 11 is 0. The summed E-state index contributed by atoms with van der Waals surface area (Å²) < 4.78 is 22.7. The second kappa shape index (κ2) is 41.0. The van der Waals surface area contributed by atoms with Gasteiger partial charge in [0.15, 0.2) is 12.6 Å². The fraction of sp³-hybridized carbons (Fsp3) is 0.907. The SMILES string of the molecule is CCCCCCCCCCCCCCCC/C=C/CC/C=C/C(O)C(COC1OC(CO)C(OC2OC(CO)C(O)C(O)C2O)C(O)C1O)NC(=O)CCCCCCCCCCCCCCCC. The van der Waals surface area contributed by atoms with E-state index in [4.69, 9.17) is 18.9 Å². The van der Waals surface area contributed by atoms with Crippen LogP contribution in [0.15, 0.2) is 24.3 Å². The zero-order valence-corrected chi connectivity index (χ0v) is 42.6. The van der Waals surface area contributed by atoms with Gasteiger partial charge in [-0.2, -0.15) is 0 Å². The van der Waals surface area contributed by atoms with E-state index >= 15 is 0 Å². The number of allylic oxidation sites excluding steroid dienone is 3. The lowest BCUT2D eigenvalue weighted by Crippen LogP contribution is -2.65. The number of carbonyl (C=O) groups excluding carboxylic acids is 1. The lowest BCUT2D eigenvalue weighted by atomic mass is 9.97. The molecular formula is C54H101NO13. The van der Waals surface area contributed by atoms with E-state index in [-0.39, 0.29) is 18.9 Å². The van der Waals surface area contributed by atoms with Crippen LogP contribution in [0.25, 0.3) is 0 Å². The number of hydrogen-bond acceptors (Lipinski definition) is 13. The second-order valence-corrected chi connectivity index (χ2v) is 19.7. The van der Waals surface area contributed by atoms with Crippen LogP contribution < -0.4 is 5.32 Å². The predicted molar refractivity (Wildman–Crippen MR) is 268 cm³/mol. The molecule has 12 unspecified atom stereocenters. The first-order chi connectivity index (χ1) is 33.1. The predicted octanol–water partition coefficient (Wildman–Crippen LogP) is 8.11. The summed E-state index contributed by atoms with van der Waals surface area (Å²) in [7, 11) is 0. The summed E-state index contributed by atoms with van der Waals surface area (Å²) in [6.45, 7) is 2.78. The Morgan fingerprint density at radius 2 is 0.941 bits per heavy atom. The summed E-state index contributed by atoms with van der Waals surface area (Å²) in [6, 6.07) is -0.926. The molecule has 2 fully saturated rings. The maximum absolute atomic E-state index is 13.2. The number of aliphatic hydroxyl groups is 8. The standard InChI is InChI=1S/C54H101NO13/c1-3-5-7-9-11-13-15-17-19-20-21-22-23-24-25-27-29-31-33-35-37-43(58)42(55-46(59)38-36-34-32-30-28-26-18-16-14-12-10-8-6-4-2)41-65-53-51(64)49(62)52(45(40-57)67-53)68-54-50(63)48(61)47(60)44(39-56)66-54/h27,29,35,37,42-45,47-54,56-58,60-64H,3-26,28,30-34,36,38-41H2,1-2H3,(H,55,59)/b29-27+,37-35+. The summed E-state index contributed by atoms with van der Waals surface area (Å²) in [5, 5.41) is 86.8. The third kappa shape index (κ3) is 27.3. The second-order valence-electron chi connectivity index (χ2n) is 19.7. The van der Waals surface area contributed by atoms with Gasteiger partial charge in [-0.15, -0.1) is 0 Å². The first kappa shape index (κ1) is 62.6. The lowest BCUT2D eigenvalue weighted by molar-refractivity contribution is -0.359. The maximum atomic E-state index is 13.2. The van der Waals surface area contributed by atoms with Gasteiger partial charge in [-0.3, -0.25) is 4.79 Å². The van der Waals surface area contributed by atoms with Crippen molar-refractivity contribution in [2.24, 2.45) is 0 Å². The van der Waals surface area contributed by atoms with Crippen LogP contribution in [0.2, 0.25) is 0 Å². The number of carbonyl (C=O) groups is 1. The molecule has 0 bridgehead atoms. The number of amides is 1. The highest BCUT2D eigenvalue weighted by molar-refractivity contribution is 5.76. The Kier molecular flexibility index (Phi) is 37.7. The van der Waals surface area contributed by atoms with Crippen LogP contribution in [0.4, 0.5) is 0 Å². The van der Waals surface area contributed by atoms with E-state index in [1.54, 1.807) is 6.08 Å². The molecule has 2 heterocycles. The van der Waals surface area contributed by atoms with Crippen molar-refractivity contribution >= 4 is 5.91 Å². The zero-order chi connectivity index (χ0) is 49.6. The monoisotopic (exact) mass is 972 g/mol. The highest BCUT2D eigenvalue weighted by Gasteiger charge is 2.51. The van der Waals surface area contributed by atoms with E-state index in [0.717, 1.165) is 32.1 Å². The van der Waals surface area contributed by atoms with E-state index in [1.807, 2.05) is 6.08 Å². The third-order valence-corrected chi connectivity index (χ3v) is 13.6. The molecule has 2 rings (SSSR count). The lowest BCUT2D eigenvalue weighted by Gasteiger charge is -2.46. The minimum atomic E-state index is -1.79. The minimum absolute atomic E-state index is 0.247. The third-order valence-electron chi connectivity index (χ3n) is 13.6. The van der Waals surface area contributed by atoms with Crippen molar-refractivity contribution in [1.29, 1.82) is 0 Å². The summed E-state index contributed by atoms with van der Waals surface area (Å²) in [6.07, 6.45) is 29.3. The Bertz CT molecular complexity index is 1240. The fourth-order valence-electron chi connectivity index (χ4n) is 9.13. The Morgan fingerprint density at radius 1 is 0.515 bits per heavy atom. The van der Waals surface area contributed by atoms with Gasteiger partial charge in [0.1, 0.15) is 48.8 Å². The van der Waals surface area contributed by atoms with Crippen molar-refractivity contribution in [3.63, 3.8) is 0 Å². The molecule has 0 radical (unpaired) electrons. The average Bonchev–Trinajstić information content (AvgIpc) is 3.34. The summed E-state index contributed by atoms with van der Waals surface area (Å²) in [4.78, 5) is 13.2. The van der Waals surface area contributed by atoms with Crippen LogP contribution in [0.5, 0.6) is 0 Å². The molecule has 12 atom stereocenters. The van der Waals surface area contributed by atoms with Crippen LogP contribution in [0.3, 0.4) is 0 Å². The quantitative estimate of drug-likeness (QED) is 0.0208. The Hall–Kier alpha value is -1.53. The minimum Gasteiger partial charge on any atom is -0.394 e. The van der Waals surface area contributed by atoms with Gasteiger partial charge in [0.25, 0.3) is 0 Å². The number of rotatable bonds is 43. The Morgan fingerprint density at radius 3 is 1.44 bits per heavy atom. The fourth-order valence-corrected chi connectivity index (χ4v) is 9.13. The van der Waals surface area contributed by atoms with Crippen LogP contribution >= 0.6 is 0 Å². The van der Waals surface area contributed by atoms with Crippen LogP contribution in [-0.2, 0) is 23.7 Å². The molecule has 0 saturated carbocycles. The number of aliphatic hydroxyl groups excluding tert-OH is 8. The van der Waals surface area contributed by atoms with Gasteiger partial charge < -0.3 is 65.1 Å². The van der Waals surface area contributed by atoms with E-state index < -0.39 is 86.8 Å². The molecule has 0 spiro atoms. The topological polar surface area (TPSA) is 228 Å². The van der Waals surface area contributed by atoms with Gasteiger partial charge in [-0.1, -0.05) is 205 Å². The molecule has 14 heteroatoms. The summed E-state index contributed by atoms with van der Waals surface area (Å²) in [5.74, 6) is -0.247. The maximum Gasteiger partial charge on any atom is 0.220 e. The molecule has 0 aromatic heterocycles. The van der Waals surface area contributed by atoms with Crippen LogP contribution in [0, 0.1) is 0 Å². The van der Waals surface area contributed by atoms with Gasteiger partial charge in [-0.25, -0.2) is 0 Å². The highest BCUT2D eigenvalue weighted by Crippen LogP contribution is 2.30. The van der Waals surface area contributed by atoms with E-state index in [0.29, 0.717) is 12.8 Å². The van der Waals surface area contributed by atoms with Gasteiger partial charge in [0.2, 0.25) is 5.91 Å². The van der Waals surface area contributed by atoms with Crippen molar-refractivity contribution < 1.29 is 64.6 Å². The molecule has 2 aliphatic rings. The molecule has 68 heavy (non-hydrogen) atoms. The number of nitrogens with one attached hydrogen (secondary N) is 1. The van der Waals surface area contributed by atoms with Crippen molar-refractivity contribution in [3.8, 4) is 0 Å². The molecule has 400 valence electrons. The van der Waals surface area contributed by atoms with E-state index in [1.165, 1.54) is 154 Å². The molecular weight excluding hydrogens is 871 g/mol. The average molecular weight is 972 g/mol. The summed E-state index contributed by atoms with van der Waals surface area (Å²) in [5.41, 5.74) is 0. The smallest absolute Gasteiger partial charge is 0.220 e. The van der Waals surface area contributed by atoms with Crippen LogP contribution in [0.1, 0.15) is 219 Å².